The largest absolute Gasteiger partial charge is 0.398 e. The summed E-state index contributed by atoms with van der Waals surface area (Å²) in [6.45, 7) is 1.69. The van der Waals surface area contributed by atoms with Crippen LogP contribution in [0.4, 0.5) is 20.3 Å². The number of benzene rings is 1. The number of nitrogens with one attached hydrogen (secondary N) is 1. The lowest BCUT2D eigenvalue weighted by Gasteiger charge is -2.05. The predicted octanol–water partition coefficient (Wildman–Crippen LogP) is 2.14. The van der Waals surface area contributed by atoms with Crippen LogP contribution in [0.5, 0.6) is 0 Å². The summed E-state index contributed by atoms with van der Waals surface area (Å²) in [6, 6.07) is 2.63. The van der Waals surface area contributed by atoms with E-state index in [1.54, 1.807) is 18.5 Å². The number of aromatic nitrogens is 3. The first-order valence-electron chi connectivity index (χ1n) is 7.23. The van der Waals surface area contributed by atoms with Crippen molar-refractivity contribution in [3.63, 3.8) is 0 Å². The van der Waals surface area contributed by atoms with Crippen LogP contribution in [0, 0.1) is 35.8 Å². The van der Waals surface area contributed by atoms with Crippen molar-refractivity contribution in [2.24, 2.45) is 7.05 Å². The second-order valence-corrected chi connectivity index (χ2v) is 5.42. The minimum Gasteiger partial charge on any atom is -0.398 e. The van der Waals surface area contributed by atoms with Gasteiger partial charge in [0.1, 0.15) is 28.7 Å². The van der Waals surface area contributed by atoms with E-state index in [2.05, 4.69) is 21.8 Å². The van der Waals surface area contributed by atoms with Crippen molar-refractivity contribution in [3.8, 4) is 11.8 Å². The summed E-state index contributed by atoms with van der Waals surface area (Å²) in [7, 11) is 1.67. The summed E-state index contributed by atoms with van der Waals surface area (Å²) in [5, 5.41) is 7.96. The van der Waals surface area contributed by atoms with Crippen molar-refractivity contribution < 1.29 is 8.78 Å². The Morgan fingerprint density at radius 2 is 2.04 bits per heavy atom. The molecule has 0 aliphatic carbocycles. The molecule has 8 heteroatoms. The standard InChI is InChI=1S/C17H14F2N6/c1-8-24-16-13(25(8)2)7-10(18)9(15(16)19)3-4-11(20)14-12(21)5-6-23-17(14)22/h5-7,20H,1-2H3,(H4,21,22,23). The third kappa shape index (κ3) is 2.65. The van der Waals surface area contributed by atoms with Crippen LogP contribution in [0.3, 0.4) is 0 Å². The number of nitrogens with zero attached hydrogens (tertiary/aromatic N) is 3. The van der Waals surface area contributed by atoms with Crippen molar-refractivity contribution in [2.45, 2.75) is 6.92 Å². The van der Waals surface area contributed by atoms with Crippen molar-refractivity contribution in [1.29, 1.82) is 5.41 Å². The van der Waals surface area contributed by atoms with Gasteiger partial charge in [-0.1, -0.05) is 5.92 Å². The first kappa shape index (κ1) is 16.4. The van der Waals surface area contributed by atoms with E-state index in [-0.39, 0.29) is 28.3 Å². The molecule has 0 saturated carbocycles. The van der Waals surface area contributed by atoms with Gasteiger partial charge >= 0.3 is 0 Å². The third-order valence-electron chi connectivity index (χ3n) is 3.87. The zero-order chi connectivity index (χ0) is 18.3. The molecule has 6 nitrogen and oxygen atoms in total. The van der Waals surface area contributed by atoms with Crippen LogP contribution in [0.25, 0.3) is 11.0 Å². The summed E-state index contributed by atoms with van der Waals surface area (Å²) in [6.07, 6.45) is 1.39. The molecule has 3 aromatic rings. The topological polar surface area (TPSA) is 107 Å². The number of pyridine rings is 1. The number of hydrogen-bond donors (Lipinski definition) is 3. The highest BCUT2D eigenvalue weighted by atomic mass is 19.1. The lowest BCUT2D eigenvalue weighted by molar-refractivity contribution is 0.584. The average molecular weight is 340 g/mol. The Labute approximate surface area is 142 Å². The Kier molecular flexibility index (Phi) is 3.85. The lowest BCUT2D eigenvalue weighted by Crippen LogP contribution is -2.07. The van der Waals surface area contributed by atoms with Gasteiger partial charge in [-0.25, -0.2) is 18.7 Å². The lowest BCUT2D eigenvalue weighted by atomic mass is 10.1. The molecule has 25 heavy (non-hydrogen) atoms. The highest BCUT2D eigenvalue weighted by molar-refractivity contribution is 6.16. The van der Waals surface area contributed by atoms with Gasteiger partial charge in [0.2, 0.25) is 0 Å². The van der Waals surface area contributed by atoms with Gasteiger partial charge in [-0.15, -0.1) is 0 Å². The minimum absolute atomic E-state index is 0.0241. The Bertz CT molecular complexity index is 1070. The number of fused-ring (bicyclic) bond motifs is 1. The molecule has 0 aliphatic heterocycles. The van der Waals surface area contributed by atoms with E-state index in [1.807, 2.05) is 0 Å². The van der Waals surface area contributed by atoms with Gasteiger partial charge < -0.3 is 16.0 Å². The molecule has 0 radical (unpaired) electrons. The summed E-state index contributed by atoms with van der Waals surface area (Å²) >= 11 is 0. The number of hydrogen-bond acceptors (Lipinski definition) is 5. The fourth-order valence-electron chi connectivity index (χ4n) is 2.44. The molecule has 0 saturated heterocycles. The summed E-state index contributed by atoms with van der Waals surface area (Å²) in [4.78, 5) is 7.91. The number of aryl methyl sites for hydroxylation is 2. The highest BCUT2D eigenvalue weighted by Crippen LogP contribution is 2.24. The fourth-order valence-corrected chi connectivity index (χ4v) is 2.44. The zero-order valence-corrected chi connectivity index (χ0v) is 13.5. The molecule has 3 rings (SSSR count). The van der Waals surface area contributed by atoms with Gasteiger partial charge in [-0.05, 0) is 18.9 Å². The van der Waals surface area contributed by atoms with Crippen LogP contribution in [-0.2, 0) is 7.05 Å². The zero-order valence-electron chi connectivity index (χ0n) is 13.5. The SMILES string of the molecule is Cc1nc2c(F)c(C#CC(=N)c3c(N)ccnc3N)c(F)cc2n1C. The van der Waals surface area contributed by atoms with Gasteiger partial charge in [0, 0.05) is 25.0 Å². The Balaban J connectivity index is 2.11. The van der Waals surface area contributed by atoms with Gasteiger partial charge in [0.05, 0.1) is 16.6 Å². The van der Waals surface area contributed by atoms with Crippen LogP contribution >= 0.6 is 0 Å². The molecule has 0 amide bonds. The van der Waals surface area contributed by atoms with Crippen LogP contribution in [0.2, 0.25) is 0 Å². The molecule has 0 aliphatic rings. The van der Waals surface area contributed by atoms with Gasteiger partial charge in [0.25, 0.3) is 0 Å². The van der Waals surface area contributed by atoms with Crippen molar-refractivity contribution in [3.05, 3.63) is 46.9 Å². The molecule has 126 valence electrons. The molecule has 1 aromatic carbocycles. The fraction of sp³-hybridized carbons (Fsp3) is 0.118. The van der Waals surface area contributed by atoms with E-state index < -0.39 is 17.2 Å². The molecule has 0 bridgehead atoms. The van der Waals surface area contributed by atoms with E-state index in [4.69, 9.17) is 16.9 Å². The highest BCUT2D eigenvalue weighted by Gasteiger charge is 2.17. The smallest absolute Gasteiger partial charge is 0.169 e. The third-order valence-corrected chi connectivity index (χ3v) is 3.87. The molecular weight excluding hydrogens is 326 g/mol. The first-order valence-corrected chi connectivity index (χ1v) is 7.23. The maximum absolute atomic E-state index is 14.6. The molecule has 2 aromatic heterocycles. The van der Waals surface area contributed by atoms with E-state index in [9.17, 15) is 8.78 Å². The minimum atomic E-state index is -0.869. The normalized spacial score (nSPS) is 10.6. The van der Waals surface area contributed by atoms with Crippen LogP contribution in [0.15, 0.2) is 18.3 Å². The quantitative estimate of drug-likeness (QED) is 0.466. The average Bonchev–Trinajstić information content (AvgIpc) is 2.83. The van der Waals surface area contributed by atoms with E-state index >= 15 is 0 Å². The maximum Gasteiger partial charge on any atom is 0.169 e. The van der Waals surface area contributed by atoms with Gasteiger partial charge in [-0.3, -0.25) is 5.41 Å². The van der Waals surface area contributed by atoms with E-state index in [1.165, 1.54) is 18.3 Å². The van der Waals surface area contributed by atoms with Gasteiger partial charge in [0.15, 0.2) is 5.82 Å². The number of imidazole rings is 1. The first-order chi connectivity index (χ1) is 11.8. The van der Waals surface area contributed by atoms with Crippen molar-refractivity contribution in [1.82, 2.24) is 14.5 Å². The molecular formula is C17H14F2N6. The monoisotopic (exact) mass is 340 g/mol. The second kappa shape index (κ2) is 5.87. The van der Waals surface area contributed by atoms with Crippen LogP contribution in [0.1, 0.15) is 17.0 Å². The van der Waals surface area contributed by atoms with Crippen molar-refractivity contribution in [2.75, 3.05) is 11.5 Å². The Morgan fingerprint density at radius 3 is 2.72 bits per heavy atom. The van der Waals surface area contributed by atoms with Crippen LogP contribution in [-0.4, -0.2) is 20.2 Å². The van der Waals surface area contributed by atoms with Crippen molar-refractivity contribution >= 4 is 28.3 Å². The van der Waals surface area contributed by atoms with E-state index in [0.29, 0.717) is 11.3 Å². The number of rotatable bonds is 1. The molecule has 0 atom stereocenters. The molecule has 5 N–H and O–H groups in total. The Morgan fingerprint density at radius 1 is 1.32 bits per heavy atom. The van der Waals surface area contributed by atoms with Gasteiger partial charge in [-0.2, -0.15) is 0 Å². The van der Waals surface area contributed by atoms with Crippen LogP contribution < -0.4 is 11.5 Å². The molecule has 0 spiro atoms. The summed E-state index contributed by atoms with van der Waals surface area (Å²) in [5.41, 5.74) is 11.4. The molecule has 2 heterocycles. The number of nitrogens with two attached hydrogens (primary N) is 2. The maximum atomic E-state index is 14.6. The predicted molar refractivity (Wildman–Crippen MR) is 92.1 cm³/mol. The molecule has 0 unspecified atom stereocenters. The second-order valence-electron chi connectivity index (χ2n) is 5.42. The Hall–Kier alpha value is -3.47. The summed E-state index contributed by atoms with van der Waals surface area (Å²) < 4.78 is 30.4. The summed E-state index contributed by atoms with van der Waals surface area (Å²) in [5.74, 6) is 3.59. The number of halogens is 2. The number of nitrogen functional groups attached to an aromatic ring is 2. The molecule has 0 fully saturated rings. The number of anilines is 2. The van der Waals surface area contributed by atoms with E-state index in [0.717, 1.165) is 0 Å².